The first-order valence-corrected chi connectivity index (χ1v) is 4.41. The summed E-state index contributed by atoms with van der Waals surface area (Å²) in [4.78, 5) is 4.30. The second kappa shape index (κ2) is 9.67. The zero-order chi connectivity index (χ0) is 7.82. The Morgan fingerprint density at radius 1 is 1.27 bits per heavy atom. The summed E-state index contributed by atoms with van der Waals surface area (Å²) in [5, 5.41) is 0. The van der Waals surface area contributed by atoms with Crippen LogP contribution in [0.5, 0.6) is 0 Å². The van der Waals surface area contributed by atoms with Crippen LogP contribution < -0.4 is 0 Å². The lowest BCUT2D eigenvalue weighted by atomic mass is 10.1. The third-order valence-corrected chi connectivity index (χ3v) is 1.57. The van der Waals surface area contributed by atoms with Crippen molar-refractivity contribution >= 4 is 6.21 Å². The molecule has 68 valence electrons. The molecule has 1 aliphatic heterocycles. The molecular formula is C10H23N. The molecule has 0 aromatic carbocycles. The van der Waals surface area contributed by atoms with E-state index in [2.05, 4.69) is 18.1 Å². The lowest BCUT2D eigenvalue weighted by Gasteiger charge is -1.98. The van der Waals surface area contributed by atoms with Gasteiger partial charge in [-0.1, -0.05) is 27.7 Å². The molecule has 0 spiro atoms. The number of hydrogen-bond acceptors (Lipinski definition) is 1. The maximum atomic E-state index is 4.30. The van der Waals surface area contributed by atoms with Crippen molar-refractivity contribution in [3.63, 3.8) is 0 Å². The van der Waals surface area contributed by atoms with Gasteiger partial charge in [-0.2, -0.15) is 0 Å². The van der Waals surface area contributed by atoms with Gasteiger partial charge < -0.3 is 0 Å². The lowest BCUT2D eigenvalue weighted by Crippen LogP contribution is -1.93. The van der Waals surface area contributed by atoms with Gasteiger partial charge in [0.25, 0.3) is 0 Å². The fourth-order valence-corrected chi connectivity index (χ4v) is 1.00. The van der Waals surface area contributed by atoms with Gasteiger partial charge >= 0.3 is 0 Å². The second-order valence-corrected chi connectivity index (χ2v) is 2.47. The van der Waals surface area contributed by atoms with Gasteiger partial charge in [0.05, 0.1) is 0 Å². The summed E-state index contributed by atoms with van der Waals surface area (Å²) in [5.74, 6) is 0. The van der Waals surface area contributed by atoms with Crippen LogP contribution >= 0.6 is 0 Å². The minimum Gasteiger partial charge on any atom is -0.295 e. The van der Waals surface area contributed by atoms with Crippen molar-refractivity contribution in [3.05, 3.63) is 0 Å². The fraction of sp³-hybridized carbons (Fsp3) is 0.900. The highest BCUT2D eigenvalue weighted by Crippen LogP contribution is 2.08. The molecular weight excluding hydrogens is 134 g/mol. The van der Waals surface area contributed by atoms with Gasteiger partial charge in [-0.05, 0) is 32.4 Å². The highest BCUT2D eigenvalue weighted by molar-refractivity contribution is 5.57. The van der Waals surface area contributed by atoms with Gasteiger partial charge in [-0.15, -0.1) is 0 Å². The molecule has 0 fully saturated rings. The maximum absolute atomic E-state index is 4.30. The van der Waals surface area contributed by atoms with Crippen LogP contribution in [0.2, 0.25) is 0 Å². The van der Waals surface area contributed by atoms with Gasteiger partial charge in [0.2, 0.25) is 0 Å². The minimum absolute atomic E-state index is 0. The van der Waals surface area contributed by atoms with Crippen LogP contribution in [0.4, 0.5) is 0 Å². The first-order chi connectivity index (χ1) is 4.89. The third kappa shape index (κ3) is 7.57. The van der Waals surface area contributed by atoms with Gasteiger partial charge in [-0.3, -0.25) is 4.99 Å². The summed E-state index contributed by atoms with van der Waals surface area (Å²) in [6, 6.07) is 0.595. The van der Waals surface area contributed by atoms with Crippen LogP contribution in [0, 0.1) is 0 Å². The summed E-state index contributed by atoms with van der Waals surface area (Å²) in [6.45, 7) is 6.18. The average Bonchev–Trinajstić information content (AvgIpc) is 2.21. The van der Waals surface area contributed by atoms with E-state index >= 15 is 0 Å². The molecule has 0 amide bonds. The summed E-state index contributed by atoms with van der Waals surface area (Å²) >= 11 is 0. The molecule has 1 heteroatoms. The summed E-state index contributed by atoms with van der Waals surface area (Å²) < 4.78 is 0. The zero-order valence-electron chi connectivity index (χ0n) is 7.43. The number of aliphatic imine (C=N–C) groups is 1. The Hall–Kier alpha value is -0.330. The number of rotatable bonds is 0. The lowest BCUT2D eigenvalue weighted by molar-refractivity contribution is 0.630. The van der Waals surface area contributed by atoms with E-state index in [9.17, 15) is 0 Å². The number of nitrogens with zero attached hydrogens (tertiary/aromatic N) is 1. The highest BCUT2D eigenvalue weighted by atomic mass is 14.8. The smallest absolute Gasteiger partial charge is 0.0467 e. The van der Waals surface area contributed by atoms with Crippen molar-refractivity contribution in [1.82, 2.24) is 0 Å². The number of hydrogen-bond donors (Lipinski definition) is 0. The summed E-state index contributed by atoms with van der Waals surface area (Å²) in [5.41, 5.74) is 0. The molecule has 1 rings (SSSR count). The quantitative estimate of drug-likeness (QED) is 0.508. The maximum Gasteiger partial charge on any atom is 0.0467 e. The molecule has 0 saturated carbocycles. The second-order valence-electron chi connectivity index (χ2n) is 2.47. The molecule has 1 nitrogen and oxygen atoms in total. The predicted molar refractivity (Wildman–Crippen MR) is 54.5 cm³/mol. The van der Waals surface area contributed by atoms with Crippen LogP contribution in [0.25, 0.3) is 0 Å². The van der Waals surface area contributed by atoms with Crippen molar-refractivity contribution in [2.45, 2.75) is 59.9 Å². The molecule has 0 saturated heterocycles. The first-order valence-electron chi connectivity index (χ1n) is 4.41. The van der Waals surface area contributed by atoms with E-state index in [0.717, 1.165) is 0 Å². The molecule has 0 aliphatic carbocycles. The zero-order valence-corrected chi connectivity index (χ0v) is 7.43. The monoisotopic (exact) mass is 157 g/mol. The standard InChI is InChI=1S/C7H13N.C2H6.CH4/c1-7-5-3-2-4-6-8-7;1-2;/h6-7H,2-5H2,1H3;1-2H3;1H4. The Balaban J connectivity index is 0. The third-order valence-electron chi connectivity index (χ3n) is 1.57. The molecule has 0 bridgehead atoms. The normalized spacial score (nSPS) is 22.3. The van der Waals surface area contributed by atoms with Crippen molar-refractivity contribution < 1.29 is 0 Å². The highest BCUT2D eigenvalue weighted by Gasteiger charge is 1.99. The summed E-state index contributed by atoms with van der Waals surface area (Å²) in [6.07, 6.45) is 7.26. The van der Waals surface area contributed by atoms with Crippen molar-refractivity contribution in [3.8, 4) is 0 Å². The van der Waals surface area contributed by atoms with E-state index in [1.807, 2.05) is 13.8 Å². The molecule has 0 radical (unpaired) electrons. The molecule has 1 unspecified atom stereocenters. The summed E-state index contributed by atoms with van der Waals surface area (Å²) in [7, 11) is 0. The van der Waals surface area contributed by atoms with E-state index < -0.39 is 0 Å². The molecule has 0 aromatic rings. The Morgan fingerprint density at radius 3 is 2.55 bits per heavy atom. The Bertz CT molecular complexity index is 86.9. The van der Waals surface area contributed by atoms with E-state index in [1.165, 1.54) is 25.7 Å². The SMILES string of the molecule is C.CC.CC1CCCCC=N1. The van der Waals surface area contributed by atoms with E-state index in [0.29, 0.717) is 6.04 Å². The van der Waals surface area contributed by atoms with Gasteiger partial charge in [0.1, 0.15) is 0 Å². The van der Waals surface area contributed by atoms with Crippen molar-refractivity contribution in [2.24, 2.45) is 4.99 Å². The molecule has 1 atom stereocenters. The van der Waals surface area contributed by atoms with Crippen molar-refractivity contribution in [1.29, 1.82) is 0 Å². The first kappa shape index (κ1) is 13.3. The minimum atomic E-state index is 0. The van der Waals surface area contributed by atoms with E-state index in [-0.39, 0.29) is 7.43 Å². The molecule has 0 aromatic heterocycles. The van der Waals surface area contributed by atoms with Crippen LogP contribution in [-0.2, 0) is 0 Å². The Labute approximate surface area is 71.9 Å². The topological polar surface area (TPSA) is 12.4 Å². The van der Waals surface area contributed by atoms with Crippen LogP contribution in [0.3, 0.4) is 0 Å². The van der Waals surface area contributed by atoms with E-state index in [4.69, 9.17) is 0 Å². The van der Waals surface area contributed by atoms with Gasteiger partial charge in [-0.25, -0.2) is 0 Å². The average molecular weight is 157 g/mol. The largest absolute Gasteiger partial charge is 0.295 e. The van der Waals surface area contributed by atoms with Gasteiger partial charge in [0.15, 0.2) is 0 Å². The van der Waals surface area contributed by atoms with Crippen LogP contribution in [0.1, 0.15) is 53.9 Å². The Kier molecular flexibility index (Phi) is 11.7. The molecule has 1 heterocycles. The van der Waals surface area contributed by atoms with E-state index in [1.54, 1.807) is 0 Å². The fourth-order valence-electron chi connectivity index (χ4n) is 1.00. The van der Waals surface area contributed by atoms with Crippen molar-refractivity contribution in [2.75, 3.05) is 0 Å². The van der Waals surface area contributed by atoms with Crippen LogP contribution in [0.15, 0.2) is 4.99 Å². The molecule has 11 heavy (non-hydrogen) atoms. The van der Waals surface area contributed by atoms with Gasteiger partial charge in [0, 0.05) is 6.04 Å². The molecule has 1 aliphatic rings. The predicted octanol–water partition coefficient (Wildman–Crippen LogP) is 3.68. The molecule has 0 N–H and O–H groups in total. The van der Waals surface area contributed by atoms with Crippen LogP contribution in [-0.4, -0.2) is 12.3 Å². The Morgan fingerprint density at radius 2 is 1.91 bits per heavy atom.